The number of nitrogens with zero attached hydrogens (tertiary/aromatic N) is 1. The van der Waals surface area contributed by atoms with E-state index in [9.17, 15) is 13.6 Å². The zero-order valence-corrected chi connectivity index (χ0v) is 16.8. The van der Waals surface area contributed by atoms with E-state index in [1.54, 1.807) is 6.92 Å². The van der Waals surface area contributed by atoms with Crippen LogP contribution in [0.1, 0.15) is 43.6 Å². The summed E-state index contributed by atoms with van der Waals surface area (Å²) in [5.74, 6) is -1.27. The molecular formula is C21H24F2N2O4. The molecule has 0 bridgehead atoms. The fourth-order valence-corrected chi connectivity index (χ4v) is 2.50. The smallest absolute Gasteiger partial charge is 0.271 e. The van der Waals surface area contributed by atoms with E-state index < -0.39 is 17.5 Å². The Morgan fingerprint density at radius 1 is 0.897 bits per heavy atom. The van der Waals surface area contributed by atoms with Crippen molar-refractivity contribution in [2.24, 2.45) is 5.10 Å². The number of hydrazone groups is 1. The topological polar surface area (TPSA) is 69.2 Å². The molecule has 0 radical (unpaired) electrons. The number of amides is 1. The zero-order chi connectivity index (χ0) is 21.4. The van der Waals surface area contributed by atoms with Crippen LogP contribution in [0.15, 0.2) is 35.4 Å². The fourth-order valence-electron chi connectivity index (χ4n) is 2.50. The average molecular weight is 406 g/mol. The lowest BCUT2D eigenvalue weighted by molar-refractivity contribution is 0.0953. The summed E-state index contributed by atoms with van der Waals surface area (Å²) in [5.41, 5.74) is 3.32. The lowest BCUT2D eigenvalue weighted by atomic mass is 10.1. The van der Waals surface area contributed by atoms with Gasteiger partial charge in [0, 0.05) is 11.1 Å². The van der Waals surface area contributed by atoms with Crippen LogP contribution in [-0.4, -0.2) is 31.4 Å². The average Bonchev–Trinajstić information content (AvgIpc) is 2.70. The van der Waals surface area contributed by atoms with Crippen molar-refractivity contribution in [1.82, 2.24) is 5.43 Å². The third-order valence-electron chi connectivity index (χ3n) is 3.83. The minimum absolute atomic E-state index is 0.252. The maximum Gasteiger partial charge on any atom is 0.271 e. The summed E-state index contributed by atoms with van der Waals surface area (Å²) in [5, 5.41) is 3.97. The summed E-state index contributed by atoms with van der Waals surface area (Å²) in [7, 11) is 0. The third-order valence-corrected chi connectivity index (χ3v) is 3.83. The number of nitrogens with one attached hydrogen (secondary N) is 1. The van der Waals surface area contributed by atoms with Crippen molar-refractivity contribution in [1.29, 1.82) is 0 Å². The number of rotatable bonds is 9. The van der Waals surface area contributed by atoms with Gasteiger partial charge in [0.25, 0.3) is 5.91 Å². The first kappa shape index (κ1) is 22.1. The molecule has 0 aliphatic heterocycles. The molecule has 0 aliphatic rings. The van der Waals surface area contributed by atoms with Crippen molar-refractivity contribution in [3.63, 3.8) is 0 Å². The highest BCUT2D eigenvalue weighted by Crippen LogP contribution is 2.39. The van der Waals surface area contributed by atoms with E-state index in [0.29, 0.717) is 48.3 Å². The summed E-state index contributed by atoms with van der Waals surface area (Å²) < 4.78 is 43.2. The number of ether oxygens (including phenoxy) is 3. The van der Waals surface area contributed by atoms with Crippen LogP contribution in [0.25, 0.3) is 0 Å². The summed E-state index contributed by atoms with van der Waals surface area (Å²) in [4.78, 5) is 12.6. The van der Waals surface area contributed by atoms with Crippen molar-refractivity contribution >= 4 is 11.6 Å². The van der Waals surface area contributed by atoms with Crippen molar-refractivity contribution < 1.29 is 27.8 Å². The van der Waals surface area contributed by atoms with Crippen LogP contribution in [0.3, 0.4) is 0 Å². The van der Waals surface area contributed by atoms with Crippen LogP contribution in [0, 0.1) is 11.6 Å². The van der Waals surface area contributed by atoms with E-state index in [-0.39, 0.29) is 5.56 Å². The molecule has 0 saturated heterocycles. The highest BCUT2D eigenvalue weighted by molar-refractivity contribution is 6.01. The van der Waals surface area contributed by atoms with Gasteiger partial charge in [-0.3, -0.25) is 4.79 Å². The molecule has 0 heterocycles. The molecule has 0 aliphatic carbocycles. The number of halogens is 2. The Balaban J connectivity index is 2.29. The highest BCUT2D eigenvalue weighted by Gasteiger charge is 2.18. The normalized spacial score (nSPS) is 11.2. The van der Waals surface area contributed by atoms with E-state index >= 15 is 0 Å². The second kappa shape index (κ2) is 10.4. The molecule has 6 nitrogen and oxygen atoms in total. The predicted octanol–water partition coefficient (Wildman–Crippen LogP) is 4.31. The third kappa shape index (κ3) is 5.66. The summed E-state index contributed by atoms with van der Waals surface area (Å²) in [6, 6.07) is 6.46. The molecule has 0 atom stereocenters. The lowest BCUT2D eigenvalue weighted by Gasteiger charge is -2.16. The molecule has 2 aromatic rings. The van der Waals surface area contributed by atoms with Gasteiger partial charge in [0.15, 0.2) is 23.1 Å². The van der Waals surface area contributed by atoms with Gasteiger partial charge < -0.3 is 14.2 Å². The molecule has 1 N–H and O–H groups in total. The van der Waals surface area contributed by atoms with Crippen LogP contribution in [0.4, 0.5) is 8.78 Å². The van der Waals surface area contributed by atoms with E-state index in [0.717, 1.165) is 12.1 Å². The van der Waals surface area contributed by atoms with Gasteiger partial charge in [-0.1, -0.05) is 0 Å². The largest absolute Gasteiger partial charge is 0.490 e. The second-order valence-electron chi connectivity index (χ2n) is 5.87. The summed E-state index contributed by atoms with van der Waals surface area (Å²) in [6.07, 6.45) is 0. The van der Waals surface area contributed by atoms with Gasteiger partial charge >= 0.3 is 0 Å². The quantitative estimate of drug-likeness (QED) is 0.498. The van der Waals surface area contributed by atoms with Gasteiger partial charge in [-0.05, 0) is 58.0 Å². The molecule has 29 heavy (non-hydrogen) atoms. The Kier molecular flexibility index (Phi) is 7.94. The first-order chi connectivity index (χ1) is 13.9. The van der Waals surface area contributed by atoms with Gasteiger partial charge in [0.05, 0.1) is 25.5 Å². The molecule has 0 aromatic heterocycles. The SMILES string of the molecule is CCOc1cc(C(=O)N/N=C(/C)c2ccc(F)c(F)c2)cc(OCC)c1OCC. The molecule has 0 fully saturated rings. The fraction of sp³-hybridized carbons (Fsp3) is 0.333. The Hall–Kier alpha value is -3.16. The van der Waals surface area contributed by atoms with Crippen molar-refractivity contribution in [2.45, 2.75) is 27.7 Å². The molecule has 0 unspecified atom stereocenters. The maximum absolute atomic E-state index is 13.4. The van der Waals surface area contributed by atoms with Gasteiger partial charge in [0.2, 0.25) is 5.75 Å². The molecule has 8 heteroatoms. The Bertz CT molecular complexity index is 873. The van der Waals surface area contributed by atoms with E-state index in [1.807, 2.05) is 20.8 Å². The van der Waals surface area contributed by atoms with Crippen LogP contribution in [0.5, 0.6) is 17.2 Å². The minimum atomic E-state index is -0.988. The van der Waals surface area contributed by atoms with Crippen LogP contribution < -0.4 is 19.6 Å². The first-order valence-corrected chi connectivity index (χ1v) is 9.27. The minimum Gasteiger partial charge on any atom is -0.490 e. The Morgan fingerprint density at radius 3 is 2.00 bits per heavy atom. The van der Waals surface area contributed by atoms with E-state index in [1.165, 1.54) is 18.2 Å². The molecule has 0 spiro atoms. The number of hydrogen-bond donors (Lipinski definition) is 1. The molecule has 2 rings (SSSR count). The van der Waals surface area contributed by atoms with E-state index in [4.69, 9.17) is 14.2 Å². The monoisotopic (exact) mass is 406 g/mol. The van der Waals surface area contributed by atoms with Gasteiger partial charge in [-0.15, -0.1) is 0 Å². The highest BCUT2D eigenvalue weighted by atomic mass is 19.2. The van der Waals surface area contributed by atoms with E-state index in [2.05, 4.69) is 10.5 Å². The molecule has 156 valence electrons. The number of benzene rings is 2. The second-order valence-corrected chi connectivity index (χ2v) is 5.87. The maximum atomic E-state index is 13.4. The Morgan fingerprint density at radius 2 is 1.48 bits per heavy atom. The first-order valence-electron chi connectivity index (χ1n) is 9.27. The summed E-state index contributed by atoms with van der Waals surface area (Å²) >= 11 is 0. The van der Waals surface area contributed by atoms with Gasteiger partial charge in [-0.25, -0.2) is 14.2 Å². The molecular weight excluding hydrogens is 382 g/mol. The molecule has 2 aromatic carbocycles. The number of hydrogen-bond acceptors (Lipinski definition) is 5. The summed E-state index contributed by atoms with van der Waals surface area (Å²) in [6.45, 7) is 8.21. The zero-order valence-electron chi connectivity index (χ0n) is 16.8. The van der Waals surface area contributed by atoms with Crippen molar-refractivity contribution in [3.05, 3.63) is 53.1 Å². The van der Waals surface area contributed by atoms with Crippen LogP contribution in [0.2, 0.25) is 0 Å². The van der Waals surface area contributed by atoms with Gasteiger partial charge in [-0.2, -0.15) is 5.10 Å². The lowest BCUT2D eigenvalue weighted by Crippen LogP contribution is -2.20. The number of carbonyl (C=O) groups excluding carboxylic acids is 1. The standard InChI is InChI=1S/C21H24F2N2O4/c1-5-27-18-11-15(12-19(28-6-2)20(18)29-7-3)21(26)25-24-13(4)14-8-9-16(22)17(23)10-14/h8-12H,5-7H2,1-4H3,(H,25,26)/b24-13-. The van der Waals surface area contributed by atoms with Crippen molar-refractivity contribution in [3.8, 4) is 17.2 Å². The molecule has 0 saturated carbocycles. The Labute approximate surface area is 168 Å². The van der Waals surface area contributed by atoms with Gasteiger partial charge in [0.1, 0.15) is 0 Å². The van der Waals surface area contributed by atoms with Crippen LogP contribution in [-0.2, 0) is 0 Å². The predicted molar refractivity (Wildman–Crippen MR) is 106 cm³/mol. The number of carbonyl (C=O) groups is 1. The van der Waals surface area contributed by atoms with Crippen LogP contribution >= 0.6 is 0 Å². The van der Waals surface area contributed by atoms with Crippen molar-refractivity contribution in [2.75, 3.05) is 19.8 Å². The molecule has 1 amide bonds.